The van der Waals surface area contributed by atoms with Gasteiger partial charge in [0.15, 0.2) is 27.4 Å². The zero-order valence-corrected chi connectivity index (χ0v) is 25.1. The predicted molar refractivity (Wildman–Crippen MR) is 165 cm³/mol. The number of ketones is 1. The minimum atomic E-state index is -0.975. The Hall–Kier alpha value is -4.12. The van der Waals surface area contributed by atoms with Gasteiger partial charge in [0.2, 0.25) is 5.13 Å². The smallest absolute Gasteiger partial charge is 0.296 e. The highest BCUT2D eigenvalue weighted by Crippen LogP contribution is 2.45. The maximum absolute atomic E-state index is 13.6. The summed E-state index contributed by atoms with van der Waals surface area (Å²) in [4.78, 5) is 28.4. The minimum Gasteiger partial charge on any atom is -0.503 e. The highest BCUT2D eigenvalue weighted by molar-refractivity contribution is 8.00. The molecule has 0 saturated carbocycles. The molecule has 0 spiro atoms. The van der Waals surface area contributed by atoms with Gasteiger partial charge in [-0.1, -0.05) is 89.3 Å². The molecule has 1 atom stereocenters. The van der Waals surface area contributed by atoms with Gasteiger partial charge >= 0.3 is 0 Å². The average molecular weight is 620 g/mol. The van der Waals surface area contributed by atoms with Gasteiger partial charge in [-0.2, -0.15) is 0 Å². The number of allylic oxidation sites excluding steroid dienone is 1. The molecule has 0 fully saturated rings. The van der Waals surface area contributed by atoms with Crippen LogP contribution in [0.3, 0.4) is 0 Å². The number of hydrogen-bond acceptors (Lipinski definition) is 9. The van der Waals surface area contributed by atoms with E-state index >= 15 is 0 Å². The van der Waals surface area contributed by atoms with E-state index in [9.17, 15) is 14.7 Å². The van der Waals surface area contributed by atoms with Crippen molar-refractivity contribution in [2.24, 2.45) is 0 Å². The van der Waals surface area contributed by atoms with E-state index < -0.39 is 23.5 Å². The maximum atomic E-state index is 13.6. The number of benzene rings is 3. The van der Waals surface area contributed by atoms with Crippen LogP contribution in [0.15, 0.2) is 94.5 Å². The number of halogens is 1. The Morgan fingerprint density at radius 2 is 1.86 bits per heavy atom. The van der Waals surface area contributed by atoms with E-state index in [2.05, 4.69) is 10.2 Å². The van der Waals surface area contributed by atoms with E-state index in [1.54, 1.807) is 24.3 Å². The van der Waals surface area contributed by atoms with Crippen LogP contribution < -0.4 is 14.4 Å². The quantitative estimate of drug-likeness (QED) is 0.108. The average Bonchev–Trinajstić information content (AvgIpc) is 3.58. The lowest BCUT2D eigenvalue weighted by molar-refractivity contribution is -0.117. The number of aliphatic hydroxyl groups is 1. The van der Waals surface area contributed by atoms with E-state index in [0.717, 1.165) is 11.1 Å². The molecule has 3 aromatic carbocycles. The minimum absolute atomic E-state index is 0.0658. The van der Waals surface area contributed by atoms with Crippen molar-refractivity contribution in [3.63, 3.8) is 0 Å². The van der Waals surface area contributed by atoms with E-state index in [0.29, 0.717) is 38.8 Å². The normalized spacial score (nSPS) is 15.1. The summed E-state index contributed by atoms with van der Waals surface area (Å²) in [7, 11) is 1.51. The Morgan fingerprint density at radius 1 is 1.10 bits per heavy atom. The molecule has 1 N–H and O–H groups in total. The second kappa shape index (κ2) is 13.2. The maximum Gasteiger partial charge on any atom is 0.296 e. The van der Waals surface area contributed by atoms with Crippen molar-refractivity contribution in [2.45, 2.75) is 23.1 Å². The molecule has 11 heteroatoms. The summed E-state index contributed by atoms with van der Waals surface area (Å²) >= 11 is 8.65. The highest BCUT2D eigenvalue weighted by atomic mass is 35.5. The van der Waals surface area contributed by atoms with Crippen molar-refractivity contribution in [3.05, 3.63) is 112 Å². The fourth-order valence-electron chi connectivity index (χ4n) is 4.41. The van der Waals surface area contributed by atoms with Gasteiger partial charge in [0.1, 0.15) is 0 Å². The Morgan fingerprint density at radius 3 is 2.57 bits per heavy atom. The van der Waals surface area contributed by atoms with Gasteiger partial charge in [-0.25, -0.2) is 0 Å². The number of hydrogen-bond donors (Lipinski definition) is 1. The van der Waals surface area contributed by atoms with Gasteiger partial charge in [0.25, 0.3) is 5.91 Å². The fraction of sp³-hybridized carbons (Fsp3) is 0.161. The lowest BCUT2D eigenvalue weighted by Crippen LogP contribution is -2.30. The molecule has 1 aliphatic heterocycles. The van der Waals surface area contributed by atoms with Gasteiger partial charge in [-0.15, -0.1) is 10.2 Å². The molecule has 0 bridgehead atoms. The van der Waals surface area contributed by atoms with Crippen LogP contribution in [0.5, 0.6) is 11.5 Å². The molecular formula is C31H26ClN3O5S2. The Labute approximate surface area is 256 Å². The molecule has 42 heavy (non-hydrogen) atoms. The molecule has 1 amide bonds. The molecule has 0 aliphatic carbocycles. The van der Waals surface area contributed by atoms with E-state index in [-0.39, 0.29) is 10.7 Å². The summed E-state index contributed by atoms with van der Waals surface area (Å²) in [6, 6.07) is 21.0. The van der Waals surface area contributed by atoms with Crippen LogP contribution in [0.25, 0.3) is 6.08 Å². The summed E-state index contributed by atoms with van der Waals surface area (Å²) < 4.78 is 11.8. The van der Waals surface area contributed by atoms with Gasteiger partial charge < -0.3 is 14.6 Å². The number of carbonyl (C=O) groups is 2. The van der Waals surface area contributed by atoms with Crippen molar-refractivity contribution >= 4 is 57.6 Å². The number of nitrogens with zero attached hydrogens (tertiary/aromatic N) is 3. The molecule has 2 heterocycles. The summed E-state index contributed by atoms with van der Waals surface area (Å²) in [5, 5.41) is 20.5. The number of anilines is 1. The molecule has 1 aromatic heterocycles. The second-order valence-corrected chi connectivity index (χ2v) is 11.7. The van der Waals surface area contributed by atoms with Crippen molar-refractivity contribution in [2.75, 3.05) is 18.6 Å². The molecule has 8 nitrogen and oxygen atoms in total. The first-order valence-corrected chi connectivity index (χ1v) is 15.1. The molecule has 1 aliphatic rings. The van der Waals surface area contributed by atoms with E-state index in [1.807, 2.05) is 61.5 Å². The lowest BCUT2D eigenvalue weighted by atomic mass is 9.95. The van der Waals surface area contributed by atoms with Gasteiger partial charge in [0.05, 0.1) is 25.3 Å². The van der Waals surface area contributed by atoms with Gasteiger partial charge in [-0.05, 0) is 54.0 Å². The van der Waals surface area contributed by atoms with E-state index in [4.69, 9.17) is 21.1 Å². The summed E-state index contributed by atoms with van der Waals surface area (Å²) in [5.41, 5.74) is 2.33. The number of aromatic nitrogens is 2. The highest BCUT2D eigenvalue weighted by Gasteiger charge is 2.45. The first-order chi connectivity index (χ1) is 20.4. The van der Waals surface area contributed by atoms with Crippen molar-refractivity contribution in [1.82, 2.24) is 10.2 Å². The first kappa shape index (κ1) is 29.4. The molecule has 5 rings (SSSR count). The molecule has 1 unspecified atom stereocenters. The largest absolute Gasteiger partial charge is 0.503 e. The van der Waals surface area contributed by atoms with Crippen molar-refractivity contribution in [3.8, 4) is 11.5 Å². The van der Waals surface area contributed by atoms with Crippen molar-refractivity contribution < 1.29 is 24.2 Å². The van der Waals surface area contributed by atoms with Crippen LogP contribution in [-0.4, -0.2) is 40.7 Å². The van der Waals surface area contributed by atoms with Crippen LogP contribution in [0.1, 0.15) is 29.7 Å². The third-order valence-corrected chi connectivity index (χ3v) is 8.76. The number of methoxy groups -OCH3 is 1. The SMILES string of the molecule is CCOc1ccc(C2C(C(=O)/C=C/c3ccccc3)=C(O)C(=O)N2c2nnc(SCc3ccc(Cl)cc3)s2)cc1OC. The molecular weight excluding hydrogens is 594 g/mol. The van der Waals surface area contributed by atoms with Gasteiger partial charge in [-0.3, -0.25) is 14.5 Å². The standard InChI is InChI=1S/C31H26ClN3O5S2/c1-3-40-24-16-12-21(17-25(24)39-2)27-26(23(36)15-11-19-7-5-4-6-8-19)28(37)29(38)35(27)30-33-34-31(42-30)41-18-20-9-13-22(32)14-10-20/h4-17,27,37H,3,18H2,1-2H3/b15-11+. The van der Waals surface area contributed by atoms with E-state index in [1.165, 1.54) is 41.2 Å². The van der Waals surface area contributed by atoms with Crippen LogP contribution in [-0.2, 0) is 15.3 Å². The predicted octanol–water partition coefficient (Wildman–Crippen LogP) is 7.07. The molecule has 4 aromatic rings. The summed E-state index contributed by atoms with van der Waals surface area (Å²) in [6.45, 7) is 2.29. The number of aliphatic hydroxyl groups excluding tert-OH is 1. The number of carbonyl (C=O) groups excluding carboxylic acids is 2. The third kappa shape index (κ3) is 6.35. The van der Waals surface area contributed by atoms with Gasteiger partial charge in [0, 0.05) is 10.8 Å². The van der Waals surface area contributed by atoms with Crippen LogP contribution in [0.4, 0.5) is 5.13 Å². The summed E-state index contributed by atoms with van der Waals surface area (Å²) in [6.07, 6.45) is 2.99. The van der Waals surface area contributed by atoms with Crippen LogP contribution in [0.2, 0.25) is 5.02 Å². The molecule has 0 radical (unpaired) electrons. The third-order valence-electron chi connectivity index (χ3n) is 6.38. The Kier molecular flexibility index (Phi) is 9.26. The van der Waals surface area contributed by atoms with Crippen LogP contribution >= 0.6 is 34.7 Å². The number of thioether (sulfide) groups is 1. The number of rotatable bonds is 11. The molecule has 214 valence electrons. The fourth-order valence-corrected chi connectivity index (χ4v) is 6.36. The topological polar surface area (TPSA) is 102 Å². The summed E-state index contributed by atoms with van der Waals surface area (Å²) in [5.74, 6) is -0.322. The lowest BCUT2D eigenvalue weighted by Gasteiger charge is -2.24. The zero-order chi connectivity index (χ0) is 29.6. The Balaban J connectivity index is 1.50. The zero-order valence-electron chi connectivity index (χ0n) is 22.7. The first-order valence-electron chi connectivity index (χ1n) is 12.9. The van der Waals surface area contributed by atoms with Crippen molar-refractivity contribution in [1.29, 1.82) is 0 Å². The van der Waals surface area contributed by atoms with Crippen LogP contribution in [0, 0.1) is 0 Å². The Bertz CT molecular complexity index is 1650. The number of ether oxygens (including phenoxy) is 2. The monoisotopic (exact) mass is 619 g/mol. The number of amides is 1. The second-order valence-electron chi connectivity index (χ2n) is 9.06. The molecule has 0 saturated heterocycles.